The largest absolute Gasteiger partial charge is 0.0648 e. The molecule has 0 amide bonds. The maximum atomic E-state index is 2.58. The summed E-state index contributed by atoms with van der Waals surface area (Å²) < 4.78 is 0. The van der Waals surface area contributed by atoms with Crippen LogP contribution < -0.4 is 0 Å². The first-order valence-corrected chi connectivity index (χ1v) is 6.93. The Balaban J connectivity index is 2.20. The maximum absolute atomic E-state index is 2.58. The molecule has 0 nitrogen and oxygen atoms in total. The molecular weight excluding hydrogens is 180 g/mol. The molecule has 2 saturated carbocycles. The lowest BCUT2D eigenvalue weighted by molar-refractivity contribution is 0.0174. The van der Waals surface area contributed by atoms with Gasteiger partial charge in [-0.1, -0.05) is 34.6 Å². The van der Waals surface area contributed by atoms with Crippen molar-refractivity contribution < 1.29 is 0 Å². The molecule has 15 heavy (non-hydrogen) atoms. The van der Waals surface area contributed by atoms with Crippen LogP contribution >= 0.6 is 0 Å². The van der Waals surface area contributed by atoms with Crippen LogP contribution in [0.5, 0.6) is 0 Å². The quantitative estimate of drug-likeness (QED) is 0.620. The number of hydrogen-bond acceptors (Lipinski definition) is 0. The first kappa shape index (κ1) is 11.5. The van der Waals surface area contributed by atoms with E-state index in [1.165, 1.54) is 32.1 Å². The van der Waals surface area contributed by atoms with Gasteiger partial charge in [-0.3, -0.25) is 0 Å². The fourth-order valence-corrected chi connectivity index (χ4v) is 4.41. The van der Waals surface area contributed by atoms with Crippen molar-refractivity contribution in [1.82, 2.24) is 0 Å². The van der Waals surface area contributed by atoms with E-state index >= 15 is 0 Å². The number of hydrogen-bond donors (Lipinski definition) is 0. The van der Waals surface area contributed by atoms with Crippen LogP contribution in [-0.2, 0) is 0 Å². The molecular formula is C15H28. The molecule has 0 spiro atoms. The Bertz CT molecular complexity index is 228. The van der Waals surface area contributed by atoms with Gasteiger partial charge in [-0.15, -0.1) is 0 Å². The fraction of sp³-hybridized carbons (Fsp3) is 1.00. The minimum Gasteiger partial charge on any atom is -0.0648 e. The molecule has 2 fully saturated rings. The van der Waals surface area contributed by atoms with Crippen LogP contribution in [0.1, 0.15) is 66.7 Å². The molecule has 3 unspecified atom stereocenters. The van der Waals surface area contributed by atoms with E-state index in [0.717, 1.165) is 17.8 Å². The highest BCUT2D eigenvalue weighted by molar-refractivity contribution is 5.04. The van der Waals surface area contributed by atoms with Crippen molar-refractivity contribution in [2.75, 3.05) is 0 Å². The summed E-state index contributed by atoms with van der Waals surface area (Å²) in [6.45, 7) is 12.4. The summed E-state index contributed by atoms with van der Waals surface area (Å²) in [5, 5.41) is 0. The molecule has 0 aliphatic heterocycles. The molecule has 0 radical (unpaired) electrons. The first-order chi connectivity index (χ1) is 6.93. The van der Waals surface area contributed by atoms with Gasteiger partial charge in [0.2, 0.25) is 0 Å². The fourth-order valence-electron chi connectivity index (χ4n) is 4.41. The van der Waals surface area contributed by atoms with E-state index in [-0.39, 0.29) is 0 Å². The first-order valence-electron chi connectivity index (χ1n) is 6.93. The number of rotatable bonds is 3. The smallest absolute Gasteiger partial charge is 0.0251 e. The third-order valence-electron chi connectivity index (χ3n) is 6.39. The molecule has 0 bridgehead atoms. The van der Waals surface area contributed by atoms with Gasteiger partial charge in [-0.2, -0.15) is 0 Å². The van der Waals surface area contributed by atoms with Crippen LogP contribution in [-0.4, -0.2) is 0 Å². The van der Waals surface area contributed by atoms with Gasteiger partial charge >= 0.3 is 0 Å². The summed E-state index contributed by atoms with van der Waals surface area (Å²) in [6, 6.07) is 0. The van der Waals surface area contributed by atoms with Gasteiger partial charge in [0.1, 0.15) is 0 Å². The monoisotopic (exact) mass is 208 g/mol. The van der Waals surface area contributed by atoms with E-state index in [4.69, 9.17) is 0 Å². The zero-order valence-electron chi connectivity index (χ0n) is 11.3. The Labute approximate surface area is 95.8 Å². The predicted molar refractivity (Wildman–Crippen MR) is 66.8 cm³/mol. The molecule has 2 aliphatic rings. The second-order valence-electron chi connectivity index (χ2n) is 6.99. The van der Waals surface area contributed by atoms with Crippen molar-refractivity contribution in [2.45, 2.75) is 66.7 Å². The molecule has 0 N–H and O–H groups in total. The van der Waals surface area contributed by atoms with E-state index < -0.39 is 0 Å². The van der Waals surface area contributed by atoms with Crippen LogP contribution in [0.2, 0.25) is 0 Å². The van der Waals surface area contributed by atoms with Gasteiger partial charge in [0.15, 0.2) is 0 Å². The van der Waals surface area contributed by atoms with Crippen LogP contribution in [0, 0.1) is 28.6 Å². The topological polar surface area (TPSA) is 0 Å². The lowest BCUT2D eigenvalue weighted by atomic mass is 9.57. The van der Waals surface area contributed by atoms with E-state index in [9.17, 15) is 0 Å². The normalized spacial score (nSPS) is 43.6. The second kappa shape index (κ2) is 3.50. The zero-order valence-corrected chi connectivity index (χ0v) is 11.3. The predicted octanol–water partition coefficient (Wildman–Crippen LogP) is 4.89. The van der Waals surface area contributed by atoms with Crippen molar-refractivity contribution in [2.24, 2.45) is 28.6 Å². The molecule has 2 rings (SSSR count). The highest BCUT2D eigenvalue weighted by Crippen LogP contribution is 2.64. The van der Waals surface area contributed by atoms with E-state index in [1.54, 1.807) is 0 Å². The highest BCUT2D eigenvalue weighted by Gasteiger charge is 2.54. The molecule has 0 aromatic carbocycles. The van der Waals surface area contributed by atoms with Gasteiger partial charge in [0, 0.05) is 0 Å². The zero-order chi connectivity index (χ0) is 11.3. The SMILES string of the molecule is CCC(C)(C(C)C)C1(C)CC2CCC2C1. The van der Waals surface area contributed by atoms with Crippen molar-refractivity contribution in [3.05, 3.63) is 0 Å². The molecule has 0 saturated heterocycles. The second-order valence-corrected chi connectivity index (χ2v) is 6.99. The maximum Gasteiger partial charge on any atom is -0.0251 e. The van der Waals surface area contributed by atoms with Gasteiger partial charge in [-0.05, 0) is 60.7 Å². The van der Waals surface area contributed by atoms with Crippen molar-refractivity contribution >= 4 is 0 Å². The van der Waals surface area contributed by atoms with Crippen molar-refractivity contribution in [3.63, 3.8) is 0 Å². The summed E-state index contributed by atoms with van der Waals surface area (Å²) in [6.07, 6.45) is 7.43. The summed E-state index contributed by atoms with van der Waals surface area (Å²) in [5.74, 6) is 3.02. The van der Waals surface area contributed by atoms with Crippen LogP contribution in [0.4, 0.5) is 0 Å². The van der Waals surface area contributed by atoms with Crippen LogP contribution in [0.15, 0.2) is 0 Å². The molecule has 0 heteroatoms. The minimum absolute atomic E-state index is 0.560. The Morgan fingerprint density at radius 2 is 1.67 bits per heavy atom. The summed E-state index contributed by atoms with van der Waals surface area (Å²) >= 11 is 0. The van der Waals surface area contributed by atoms with Crippen LogP contribution in [0.3, 0.4) is 0 Å². The molecule has 0 heterocycles. The standard InChI is InChI=1S/C15H28/c1-6-15(5,11(2)3)14(4)9-12-7-8-13(12)10-14/h11-13H,6-10H2,1-5H3. The Kier molecular flexibility index (Phi) is 2.68. The van der Waals surface area contributed by atoms with Crippen LogP contribution in [0.25, 0.3) is 0 Å². The molecule has 0 aromatic rings. The average Bonchev–Trinajstić information content (AvgIpc) is 2.41. The summed E-state index contributed by atoms with van der Waals surface area (Å²) in [7, 11) is 0. The van der Waals surface area contributed by atoms with Gasteiger partial charge in [0.25, 0.3) is 0 Å². The molecule has 0 aromatic heterocycles. The molecule has 88 valence electrons. The minimum atomic E-state index is 0.560. The summed E-state index contributed by atoms with van der Waals surface area (Å²) in [5.41, 5.74) is 1.19. The third kappa shape index (κ3) is 1.47. The number of fused-ring (bicyclic) bond motifs is 1. The lowest BCUT2D eigenvalue weighted by Gasteiger charge is -2.47. The Morgan fingerprint density at radius 1 is 1.20 bits per heavy atom. The Hall–Kier alpha value is 0. The average molecular weight is 208 g/mol. The Morgan fingerprint density at radius 3 is 1.93 bits per heavy atom. The van der Waals surface area contributed by atoms with Gasteiger partial charge in [-0.25, -0.2) is 0 Å². The molecule has 3 atom stereocenters. The van der Waals surface area contributed by atoms with E-state index in [1.807, 2.05) is 0 Å². The highest BCUT2D eigenvalue weighted by atomic mass is 14.6. The van der Waals surface area contributed by atoms with Gasteiger partial charge in [0.05, 0.1) is 0 Å². The van der Waals surface area contributed by atoms with Gasteiger partial charge < -0.3 is 0 Å². The van der Waals surface area contributed by atoms with E-state index in [2.05, 4.69) is 34.6 Å². The van der Waals surface area contributed by atoms with E-state index in [0.29, 0.717) is 10.8 Å². The summed E-state index contributed by atoms with van der Waals surface area (Å²) in [4.78, 5) is 0. The van der Waals surface area contributed by atoms with Crippen molar-refractivity contribution in [3.8, 4) is 0 Å². The van der Waals surface area contributed by atoms with Crippen molar-refractivity contribution in [1.29, 1.82) is 0 Å². The third-order valence-corrected chi connectivity index (χ3v) is 6.39. The lowest BCUT2D eigenvalue weighted by Crippen LogP contribution is -2.39. The molecule has 2 aliphatic carbocycles.